The van der Waals surface area contributed by atoms with Crippen molar-refractivity contribution in [1.29, 1.82) is 0 Å². The van der Waals surface area contributed by atoms with Gasteiger partial charge in [-0.3, -0.25) is 14.4 Å². The third-order valence-electron chi connectivity index (χ3n) is 3.41. The average molecular weight is 391 g/mol. The van der Waals surface area contributed by atoms with Gasteiger partial charge in [-0.25, -0.2) is 0 Å². The number of nitrogens with one attached hydrogen (secondary N) is 2. The molecule has 0 spiro atoms. The van der Waals surface area contributed by atoms with Crippen molar-refractivity contribution in [3.05, 3.63) is 53.6 Å². The summed E-state index contributed by atoms with van der Waals surface area (Å²) in [5, 5.41) is 5.70. The van der Waals surface area contributed by atoms with Crippen LogP contribution in [0.5, 0.6) is 5.75 Å². The molecule has 142 valence electrons. The number of rotatable bonds is 8. The molecule has 0 aliphatic rings. The second-order valence-electron chi connectivity index (χ2n) is 5.47. The van der Waals surface area contributed by atoms with Gasteiger partial charge in [0.05, 0.1) is 19.2 Å². The molecular formula is C19H19ClN2O5. The Bertz CT molecular complexity index is 825. The topological polar surface area (TPSA) is 93.7 Å². The molecule has 2 aromatic rings. The van der Waals surface area contributed by atoms with Gasteiger partial charge in [0.2, 0.25) is 5.91 Å². The van der Waals surface area contributed by atoms with Crippen LogP contribution in [0, 0.1) is 0 Å². The summed E-state index contributed by atoms with van der Waals surface area (Å²) in [6, 6.07) is 13.5. The van der Waals surface area contributed by atoms with Gasteiger partial charge >= 0.3 is 5.97 Å². The third-order valence-corrected chi connectivity index (χ3v) is 3.64. The molecule has 27 heavy (non-hydrogen) atoms. The first-order chi connectivity index (χ1) is 13.0. The van der Waals surface area contributed by atoms with Gasteiger partial charge in [0.15, 0.2) is 6.61 Å². The number of esters is 1. The summed E-state index contributed by atoms with van der Waals surface area (Å²) in [6.45, 7) is -0.452. The minimum absolute atomic E-state index is 0.0700. The van der Waals surface area contributed by atoms with Gasteiger partial charge in [0.1, 0.15) is 5.75 Å². The number of anilines is 2. The van der Waals surface area contributed by atoms with E-state index in [4.69, 9.17) is 21.1 Å². The van der Waals surface area contributed by atoms with Gasteiger partial charge in [-0.1, -0.05) is 29.8 Å². The number of carbonyl (C=O) groups is 3. The number of methoxy groups -OCH3 is 1. The lowest BCUT2D eigenvalue weighted by Gasteiger charge is -2.10. The van der Waals surface area contributed by atoms with Crippen molar-refractivity contribution in [3.8, 4) is 5.75 Å². The van der Waals surface area contributed by atoms with Crippen molar-refractivity contribution in [2.24, 2.45) is 0 Å². The standard InChI is InChI=1S/C19H19ClN2O5/c1-26-16-8-3-2-7-15(16)22-18(24)12-27-19(25)10-9-17(23)21-14-6-4-5-13(20)11-14/h2-8,11H,9-10,12H2,1H3,(H,21,23)(H,22,24). The fraction of sp³-hybridized carbons (Fsp3) is 0.211. The molecule has 2 amide bonds. The Hall–Kier alpha value is -3.06. The molecule has 0 radical (unpaired) electrons. The molecule has 0 aromatic heterocycles. The van der Waals surface area contributed by atoms with Crippen LogP contribution in [0.1, 0.15) is 12.8 Å². The smallest absolute Gasteiger partial charge is 0.306 e. The van der Waals surface area contributed by atoms with Crippen LogP contribution in [0.4, 0.5) is 11.4 Å². The normalized spacial score (nSPS) is 10.0. The van der Waals surface area contributed by atoms with Gasteiger partial charge < -0.3 is 20.1 Å². The van der Waals surface area contributed by atoms with Crippen molar-refractivity contribution >= 4 is 40.8 Å². The molecule has 0 aliphatic carbocycles. The molecule has 0 aliphatic heterocycles. The van der Waals surface area contributed by atoms with E-state index in [1.54, 1.807) is 48.5 Å². The fourth-order valence-electron chi connectivity index (χ4n) is 2.16. The minimum Gasteiger partial charge on any atom is -0.495 e. The highest BCUT2D eigenvalue weighted by Gasteiger charge is 2.12. The van der Waals surface area contributed by atoms with Crippen molar-refractivity contribution in [1.82, 2.24) is 0 Å². The lowest BCUT2D eigenvalue weighted by Crippen LogP contribution is -2.22. The van der Waals surface area contributed by atoms with E-state index in [2.05, 4.69) is 10.6 Å². The fourth-order valence-corrected chi connectivity index (χ4v) is 2.35. The predicted molar refractivity (Wildman–Crippen MR) is 102 cm³/mol. The number of hydrogen-bond acceptors (Lipinski definition) is 5. The van der Waals surface area contributed by atoms with Crippen molar-refractivity contribution in [3.63, 3.8) is 0 Å². The average Bonchev–Trinajstić information content (AvgIpc) is 2.65. The van der Waals surface area contributed by atoms with Gasteiger partial charge in [-0.15, -0.1) is 0 Å². The molecule has 2 rings (SSSR count). The van der Waals surface area contributed by atoms with E-state index >= 15 is 0 Å². The lowest BCUT2D eigenvalue weighted by molar-refractivity contribution is -0.147. The third kappa shape index (κ3) is 6.99. The van der Waals surface area contributed by atoms with Crippen LogP contribution in [0.25, 0.3) is 0 Å². The highest BCUT2D eigenvalue weighted by atomic mass is 35.5. The monoisotopic (exact) mass is 390 g/mol. The molecule has 8 heteroatoms. The Balaban J connectivity index is 1.71. The van der Waals surface area contributed by atoms with E-state index in [-0.39, 0.29) is 18.7 Å². The maximum absolute atomic E-state index is 11.9. The molecule has 0 unspecified atom stereocenters. The number of carbonyl (C=O) groups excluding carboxylic acids is 3. The Morgan fingerprint density at radius 3 is 2.48 bits per heavy atom. The zero-order valence-corrected chi connectivity index (χ0v) is 15.4. The van der Waals surface area contributed by atoms with E-state index in [9.17, 15) is 14.4 Å². The summed E-state index contributed by atoms with van der Waals surface area (Å²) in [7, 11) is 1.49. The largest absolute Gasteiger partial charge is 0.495 e. The summed E-state index contributed by atoms with van der Waals surface area (Å²) >= 11 is 5.83. The van der Waals surface area contributed by atoms with Gasteiger partial charge in [-0.2, -0.15) is 0 Å². The number of hydrogen-bond donors (Lipinski definition) is 2. The van der Waals surface area contributed by atoms with E-state index in [1.807, 2.05) is 0 Å². The molecule has 0 atom stereocenters. The van der Waals surface area contributed by atoms with Gasteiger partial charge in [0, 0.05) is 17.1 Å². The SMILES string of the molecule is COc1ccccc1NC(=O)COC(=O)CCC(=O)Nc1cccc(Cl)c1. The summed E-state index contributed by atoms with van der Waals surface area (Å²) < 4.78 is 9.99. The van der Waals surface area contributed by atoms with E-state index in [0.29, 0.717) is 22.1 Å². The van der Waals surface area contributed by atoms with Gasteiger partial charge in [-0.05, 0) is 30.3 Å². The molecule has 2 N–H and O–H groups in total. The second-order valence-corrected chi connectivity index (χ2v) is 5.90. The summed E-state index contributed by atoms with van der Waals surface area (Å²) in [5.74, 6) is -1.01. The first-order valence-corrected chi connectivity index (χ1v) is 8.49. The first kappa shape index (κ1) is 20.3. The first-order valence-electron chi connectivity index (χ1n) is 8.12. The Kier molecular flexibility index (Phi) is 7.63. The van der Waals surface area contributed by atoms with E-state index in [1.165, 1.54) is 7.11 Å². The number of halogens is 1. The molecule has 2 aromatic carbocycles. The molecule has 0 saturated heterocycles. The predicted octanol–water partition coefficient (Wildman–Crippen LogP) is 3.25. The van der Waals surface area contributed by atoms with Gasteiger partial charge in [0.25, 0.3) is 5.91 Å². The Morgan fingerprint density at radius 1 is 0.963 bits per heavy atom. The number of para-hydroxylation sites is 2. The Labute approximate surface area is 161 Å². The maximum Gasteiger partial charge on any atom is 0.306 e. The van der Waals surface area contributed by atoms with Crippen LogP contribution in [0.3, 0.4) is 0 Å². The van der Waals surface area contributed by atoms with E-state index < -0.39 is 18.5 Å². The summed E-state index contributed by atoms with van der Waals surface area (Å²) in [4.78, 5) is 35.4. The Morgan fingerprint density at radius 2 is 1.74 bits per heavy atom. The van der Waals surface area contributed by atoms with Crippen LogP contribution < -0.4 is 15.4 Å². The van der Waals surface area contributed by atoms with Crippen molar-refractivity contribution in [2.75, 3.05) is 24.4 Å². The van der Waals surface area contributed by atoms with E-state index in [0.717, 1.165) is 0 Å². The highest BCUT2D eigenvalue weighted by molar-refractivity contribution is 6.30. The van der Waals surface area contributed by atoms with Crippen LogP contribution >= 0.6 is 11.6 Å². The van der Waals surface area contributed by atoms with Crippen LogP contribution in [-0.4, -0.2) is 31.5 Å². The van der Waals surface area contributed by atoms with Crippen molar-refractivity contribution < 1.29 is 23.9 Å². The quantitative estimate of drug-likeness (QED) is 0.675. The van der Waals surface area contributed by atoms with Crippen LogP contribution in [-0.2, 0) is 19.1 Å². The van der Waals surface area contributed by atoms with Crippen LogP contribution in [0.15, 0.2) is 48.5 Å². The second kappa shape index (κ2) is 10.2. The van der Waals surface area contributed by atoms with Crippen LogP contribution in [0.2, 0.25) is 5.02 Å². The number of benzene rings is 2. The number of amides is 2. The highest BCUT2D eigenvalue weighted by Crippen LogP contribution is 2.22. The molecule has 0 bridgehead atoms. The molecule has 7 nitrogen and oxygen atoms in total. The molecular weight excluding hydrogens is 372 g/mol. The molecule has 0 fully saturated rings. The summed E-state index contributed by atoms with van der Waals surface area (Å²) in [5.41, 5.74) is 1.01. The minimum atomic E-state index is -0.647. The van der Waals surface area contributed by atoms with Crippen molar-refractivity contribution in [2.45, 2.75) is 12.8 Å². The molecule has 0 heterocycles. The molecule has 0 saturated carbocycles. The number of ether oxygens (including phenoxy) is 2. The maximum atomic E-state index is 11.9. The summed E-state index contributed by atoms with van der Waals surface area (Å²) in [6.07, 6.45) is -0.214. The zero-order valence-electron chi connectivity index (χ0n) is 14.7. The zero-order chi connectivity index (χ0) is 19.6. The lowest BCUT2D eigenvalue weighted by atomic mass is 10.2.